The topological polar surface area (TPSA) is 28.5 Å². The van der Waals surface area contributed by atoms with Crippen molar-refractivity contribution >= 4 is 5.71 Å². The molecule has 0 saturated carbocycles. The van der Waals surface area contributed by atoms with Crippen molar-refractivity contribution < 1.29 is 13.2 Å². The molecule has 0 aliphatic heterocycles. The maximum atomic E-state index is 13.1. The molecule has 3 nitrogen and oxygen atoms in total. The summed E-state index contributed by atoms with van der Waals surface area (Å²) in [5.41, 5.74) is 0.952. The van der Waals surface area contributed by atoms with E-state index in [9.17, 15) is 13.2 Å². The molecule has 0 radical (unpaired) electrons. The van der Waals surface area contributed by atoms with Crippen LogP contribution in [0.25, 0.3) is 0 Å². The van der Waals surface area contributed by atoms with E-state index in [0.29, 0.717) is 18.3 Å². The fraction of sp³-hybridized carbons (Fsp3) is 0.556. The summed E-state index contributed by atoms with van der Waals surface area (Å²) in [6, 6.07) is 4.03. The van der Waals surface area contributed by atoms with Crippen molar-refractivity contribution in [3.05, 3.63) is 40.9 Å². The Hall–Kier alpha value is -1.69. The minimum atomic E-state index is -4.47. The Morgan fingerprint density at radius 1 is 1.25 bits per heavy atom. The van der Waals surface area contributed by atoms with E-state index in [2.05, 4.69) is 35.6 Å². The highest BCUT2D eigenvalue weighted by Gasteiger charge is 2.35. The quantitative estimate of drug-likeness (QED) is 0.683. The number of hydrogen-bond donors (Lipinski definition) is 0. The summed E-state index contributed by atoms with van der Waals surface area (Å²) in [7, 11) is 0. The third-order valence-corrected chi connectivity index (χ3v) is 3.77. The van der Waals surface area contributed by atoms with Crippen LogP contribution in [-0.2, 0) is 6.54 Å². The van der Waals surface area contributed by atoms with Crippen molar-refractivity contribution in [3.8, 4) is 0 Å². The van der Waals surface area contributed by atoms with Crippen LogP contribution in [0.3, 0.4) is 0 Å². The summed E-state index contributed by atoms with van der Waals surface area (Å²) in [5, 5.41) is 0. The van der Waals surface area contributed by atoms with Gasteiger partial charge in [0.1, 0.15) is 5.70 Å². The van der Waals surface area contributed by atoms with E-state index >= 15 is 0 Å². The lowest BCUT2D eigenvalue weighted by Crippen LogP contribution is -2.30. The highest BCUT2D eigenvalue weighted by Crippen LogP contribution is 2.30. The van der Waals surface area contributed by atoms with Gasteiger partial charge in [-0.2, -0.15) is 13.2 Å². The van der Waals surface area contributed by atoms with Crippen LogP contribution in [0.1, 0.15) is 52.8 Å². The standard InChI is InChI=1S/C18H26F3N3/c1-7-24(13(4)5)11-15-9-8-10-22-16(15)14(6)23-17(12(2)3)18(19,20)21/h8-10,13H,7,11H2,1-6H3. The van der Waals surface area contributed by atoms with Gasteiger partial charge >= 0.3 is 6.18 Å². The summed E-state index contributed by atoms with van der Waals surface area (Å²) < 4.78 is 39.4. The molecule has 0 saturated heterocycles. The van der Waals surface area contributed by atoms with E-state index in [0.717, 1.165) is 12.1 Å². The van der Waals surface area contributed by atoms with E-state index in [1.807, 2.05) is 6.07 Å². The van der Waals surface area contributed by atoms with Gasteiger partial charge in [0.15, 0.2) is 0 Å². The molecule has 1 aromatic heterocycles. The summed E-state index contributed by atoms with van der Waals surface area (Å²) in [6.07, 6.45) is -2.89. The molecule has 1 aromatic rings. The molecule has 0 aliphatic rings. The van der Waals surface area contributed by atoms with Crippen LogP contribution in [0.4, 0.5) is 13.2 Å². The lowest BCUT2D eigenvalue weighted by Gasteiger charge is -2.25. The monoisotopic (exact) mass is 341 g/mol. The second-order valence-electron chi connectivity index (χ2n) is 6.21. The number of aliphatic imine (C=N–C) groups is 1. The predicted molar refractivity (Wildman–Crippen MR) is 92.1 cm³/mol. The van der Waals surface area contributed by atoms with E-state index in [1.165, 1.54) is 13.8 Å². The molecule has 0 aliphatic carbocycles. The molecule has 0 spiro atoms. The van der Waals surface area contributed by atoms with Gasteiger partial charge in [-0.05, 0) is 58.4 Å². The number of allylic oxidation sites excluding steroid dienone is 2. The predicted octanol–water partition coefficient (Wildman–Crippen LogP) is 4.98. The minimum Gasteiger partial charge on any atom is -0.297 e. The van der Waals surface area contributed by atoms with Gasteiger partial charge in [0, 0.05) is 18.8 Å². The van der Waals surface area contributed by atoms with Crippen molar-refractivity contribution in [2.45, 2.75) is 60.3 Å². The normalized spacial score (nSPS) is 12.9. The van der Waals surface area contributed by atoms with Gasteiger partial charge in [0.2, 0.25) is 0 Å². The van der Waals surface area contributed by atoms with Crippen molar-refractivity contribution in [1.82, 2.24) is 9.88 Å². The van der Waals surface area contributed by atoms with Gasteiger partial charge in [-0.1, -0.05) is 13.0 Å². The van der Waals surface area contributed by atoms with Gasteiger partial charge in [-0.3, -0.25) is 9.88 Å². The molecule has 0 unspecified atom stereocenters. The fourth-order valence-corrected chi connectivity index (χ4v) is 2.45. The first kappa shape index (κ1) is 20.4. The van der Waals surface area contributed by atoms with Gasteiger partial charge in [0.25, 0.3) is 0 Å². The molecule has 24 heavy (non-hydrogen) atoms. The van der Waals surface area contributed by atoms with Gasteiger partial charge < -0.3 is 0 Å². The van der Waals surface area contributed by atoms with Gasteiger partial charge in [0.05, 0.1) is 11.4 Å². The number of pyridine rings is 1. The third-order valence-electron chi connectivity index (χ3n) is 3.77. The fourth-order valence-electron chi connectivity index (χ4n) is 2.45. The molecular weight excluding hydrogens is 315 g/mol. The molecule has 6 heteroatoms. The summed E-state index contributed by atoms with van der Waals surface area (Å²) in [6.45, 7) is 12.1. The van der Waals surface area contributed by atoms with Crippen LogP contribution in [0.2, 0.25) is 0 Å². The third kappa shape index (κ3) is 5.44. The second kappa shape index (κ2) is 8.42. The van der Waals surface area contributed by atoms with Crippen LogP contribution < -0.4 is 0 Å². The molecule has 0 amide bonds. The van der Waals surface area contributed by atoms with E-state index in [-0.39, 0.29) is 11.3 Å². The summed E-state index contributed by atoms with van der Waals surface area (Å²) in [4.78, 5) is 10.3. The lowest BCUT2D eigenvalue weighted by molar-refractivity contribution is -0.0931. The zero-order valence-corrected chi connectivity index (χ0v) is 15.2. The number of halogens is 3. The molecule has 0 N–H and O–H groups in total. The van der Waals surface area contributed by atoms with Crippen molar-refractivity contribution in [2.24, 2.45) is 4.99 Å². The Kier molecular flexibility index (Phi) is 7.14. The average Bonchev–Trinajstić information content (AvgIpc) is 2.48. The number of aromatic nitrogens is 1. The Balaban J connectivity index is 3.27. The molecule has 1 rings (SSSR count). The zero-order chi connectivity index (χ0) is 18.5. The highest BCUT2D eigenvalue weighted by atomic mass is 19.4. The SMILES string of the molecule is CCN(Cc1cccnc1C(C)=NC(=C(C)C)C(F)(F)F)C(C)C. The lowest BCUT2D eigenvalue weighted by atomic mass is 10.1. The molecule has 134 valence electrons. The number of nitrogens with zero attached hydrogens (tertiary/aromatic N) is 3. The molecule has 0 bridgehead atoms. The van der Waals surface area contributed by atoms with E-state index in [1.54, 1.807) is 19.2 Å². The second-order valence-corrected chi connectivity index (χ2v) is 6.21. The Morgan fingerprint density at radius 3 is 2.33 bits per heavy atom. The number of rotatable bonds is 6. The highest BCUT2D eigenvalue weighted by molar-refractivity contribution is 5.98. The maximum Gasteiger partial charge on any atom is 0.433 e. The van der Waals surface area contributed by atoms with E-state index < -0.39 is 11.9 Å². The van der Waals surface area contributed by atoms with Crippen molar-refractivity contribution in [2.75, 3.05) is 6.54 Å². The van der Waals surface area contributed by atoms with Crippen molar-refractivity contribution in [1.29, 1.82) is 0 Å². The largest absolute Gasteiger partial charge is 0.433 e. The van der Waals surface area contributed by atoms with Gasteiger partial charge in [-0.15, -0.1) is 0 Å². The van der Waals surface area contributed by atoms with E-state index in [4.69, 9.17) is 0 Å². The number of alkyl halides is 3. The minimum absolute atomic E-state index is 0.136. The molecule has 0 fully saturated rings. The van der Waals surface area contributed by atoms with Crippen LogP contribution in [0.15, 0.2) is 34.6 Å². The van der Waals surface area contributed by atoms with Crippen LogP contribution in [-0.4, -0.2) is 34.4 Å². The maximum absolute atomic E-state index is 13.1. The van der Waals surface area contributed by atoms with Crippen LogP contribution in [0, 0.1) is 0 Å². The smallest absolute Gasteiger partial charge is 0.297 e. The first-order valence-electron chi connectivity index (χ1n) is 8.06. The first-order chi connectivity index (χ1) is 11.1. The summed E-state index contributed by atoms with van der Waals surface area (Å²) >= 11 is 0. The number of hydrogen-bond acceptors (Lipinski definition) is 3. The van der Waals surface area contributed by atoms with Crippen LogP contribution >= 0.6 is 0 Å². The summed E-state index contributed by atoms with van der Waals surface area (Å²) in [5.74, 6) is 0. The van der Waals surface area contributed by atoms with Crippen LogP contribution in [0.5, 0.6) is 0 Å². The average molecular weight is 341 g/mol. The zero-order valence-electron chi connectivity index (χ0n) is 15.2. The Bertz CT molecular complexity index is 612. The Morgan fingerprint density at radius 2 is 1.88 bits per heavy atom. The Labute approximate surface area is 142 Å². The molecule has 0 atom stereocenters. The first-order valence-corrected chi connectivity index (χ1v) is 8.06. The molecular formula is C18H26F3N3. The molecule has 1 heterocycles. The van der Waals surface area contributed by atoms with Gasteiger partial charge in [-0.25, -0.2) is 4.99 Å². The van der Waals surface area contributed by atoms with Crippen molar-refractivity contribution in [3.63, 3.8) is 0 Å². The molecule has 0 aromatic carbocycles.